The van der Waals surface area contributed by atoms with Crippen molar-refractivity contribution in [3.8, 4) is 0 Å². The summed E-state index contributed by atoms with van der Waals surface area (Å²) in [6.45, 7) is 9.96. The SMILES string of the molecule is CC1CCC2(OC1)OC1CC3C4CC[C@@H]5CC(O)[C@@H](O)[C@@H](O[C@@H]6OC[C@@H](O)[C@@H](O)[C@H]6O)[C@]5(C)C4CC[C@]3(C)C1C2C. The van der Waals surface area contributed by atoms with Crippen molar-refractivity contribution in [3.63, 3.8) is 0 Å². The smallest absolute Gasteiger partial charge is 0.186 e. The maximum Gasteiger partial charge on any atom is 0.186 e. The number of rotatable bonds is 2. The maximum atomic E-state index is 11.4. The van der Waals surface area contributed by atoms with E-state index in [1.165, 1.54) is 0 Å². The number of hydrogen-bond acceptors (Lipinski definition) is 9. The minimum absolute atomic E-state index is 0.161. The van der Waals surface area contributed by atoms with Gasteiger partial charge in [-0.2, -0.15) is 0 Å². The monoisotopic (exact) mass is 580 g/mol. The summed E-state index contributed by atoms with van der Waals surface area (Å²) in [4.78, 5) is 0. The van der Waals surface area contributed by atoms with Crippen molar-refractivity contribution < 1.29 is 44.5 Å². The van der Waals surface area contributed by atoms with Gasteiger partial charge in [-0.25, -0.2) is 0 Å². The molecule has 234 valence electrons. The van der Waals surface area contributed by atoms with Gasteiger partial charge in [0.25, 0.3) is 0 Å². The van der Waals surface area contributed by atoms with Gasteiger partial charge in [0.05, 0.1) is 31.5 Å². The van der Waals surface area contributed by atoms with E-state index in [-0.39, 0.29) is 30.0 Å². The molecule has 0 radical (unpaired) electrons. The molecule has 0 aromatic carbocycles. The van der Waals surface area contributed by atoms with Gasteiger partial charge in [0.15, 0.2) is 12.1 Å². The van der Waals surface area contributed by atoms with Crippen molar-refractivity contribution in [2.24, 2.45) is 52.3 Å². The number of hydrogen-bond donors (Lipinski definition) is 5. The second-order valence-corrected chi connectivity index (χ2v) is 15.6. The van der Waals surface area contributed by atoms with E-state index in [9.17, 15) is 25.5 Å². The van der Waals surface area contributed by atoms with Crippen LogP contribution in [0.25, 0.3) is 0 Å². The molecule has 0 amide bonds. The summed E-state index contributed by atoms with van der Waals surface area (Å²) < 4.78 is 25.4. The fraction of sp³-hybridized carbons (Fsp3) is 1.00. The highest BCUT2D eigenvalue weighted by Crippen LogP contribution is 2.71. The summed E-state index contributed by atoms with van der Waals surface area (Å²) in [5, 5.41) is 53.2. The van der Waals surface area contributed by atoms with Crippen LogP contribution in [0.5, 0.6) is 0 Å². The molecule has 3 aliphatic heterocycles. The van der Waals surface area contributed by atoms with Gasteiger partial charge in [0, 0.05) is 17.8 Å². The zero-order valence-corrected chi connectivity index (χ0v) is 25.1. The predicted octanol–water partition coefficient (Wildman–Crippen LogP) is 2.20. The Morgan fingerprint density at radius 2 is 1.56 bits per heavy atom. The molecular weight excluding hydrogens is 528 g/mol. The van der Waals surface area contributed by atoms with E-state index in [0.717, 1.165) is 51.6 Å². The lowest BCUT2D eigenvalue weighted by molar-refractivity contribution is -0.328. The Hall–Kier alpha value is -0.360. The summed E-state index contributed by atoms with van der Waals surface area (Å²) in [7, 11) is 0. The molecule has 7 fully saturated rings. The standard InChI is InChI=1S/C32H52O9/c1-15-7-10-32(39-13-15)16(2)24-23(41-32)12-20-18-6-5-17-11-21(33)26(36)28(31(17,4)19(18)8-9-30(20,24)3)40-29-27(37)25(35)22(34)14-38-29/h15-29,33-37H,5-14H2,1-4H3/t15?,16?,17-,18?,19?,20?,21?,22-,23?,24?,25-,26-,27-,28-,29+,30+,31+,32?/m1/s1. The minimum Gasteiger partial charge on any atom is -0.390 e. The average Bonchev–Trinajstić information content (AvgIpc) is 3.39. The van der Waals surface area contributed by atoms with E-state index in [2.05, 4.69) is 27.7 Å². The van der Waals surface area contributed by atoms with Gasteiger partial charge in [-0.15, -0.1) is 0 Å². The second kappa shape index (κ2) is 10.1. The van der Waals surface area contributed by atoms with Crippen molar-refractivity contribution in [2.45, 2.75) is 134 Å². The van der Waals surface area contributed by atoms with Crippen LogP contribution in [-0.2, 0) is 18.9 Å². The third-order valence-electron chi connectivity index (χ3n) is 13.8. The molecule has 7 aliphatic rings. The van der Waals surface area contributed by atoms with E-state index in [1.54, 1.807) is 0 Å². The highest BCUT2D eigenvalue weighted by molar-refractivity contribution is 5.17. The molecule has 3 saturated heterocycles. The van der Waals surface area contributed by atoms with E-state index >= 15 is 0 Å². The third kappa shape index (κ3) is 4.13. The lowest BCUT2D eigenvalue weighted by atomic mass is 9.43. The molecule has 5 N–H and O–H groups in total. The molecule has 9 unspecified atom stereocenters. The third-order valence-corrected chi connectivity index (χ3v) is 13.8. The summed E-state index contributed by atoms with van der Waals surface area (Å²) >= 11 is 0. The molecule has 0 aromatic rings. The van der Waals surface area contributed by atoms with Crippen molar-refractivity contribution in [1.29, 1.82) is 0 Å². The Morgan fingerprint density at radius 3 is 2.29 bits per heavy atom. The highest BCUT2D eigenvalue weighted by Gasteiger charge is 2.70. The van der Waals surface area contributed by atoms with E-state index in [0.29, 0.717) is 36.0 Å². The van der Waals surface area contributed by atoms with Crippen LogP contribution in [0, 0.1) is 52.3 Å². The summed E-state index contributed by atoms with van der Waals surface area (Å²) in [6, 6.07) is 0. The van der Waals surface area contributed by atoms with Crippen molar-refractivity contribution in [1.82, 2.24) is 0 Å². The molecule has 4 aliphatic carbocycles. The molecule has 4 saturated carbocycles. The first-order valence-electron chi connectivity index (χ1n) is 16.4. The molecule has 9 heteroatoms. The van der Waals surface area contributed by atoms with Gasteiger partial charge < -0.3 is 44.5 Å². The summed E-state index contributed by atoms with van der Waals surface area (Å²) in [5.41, 5.74) is -0.266. The van der Waals surface area contributed by atoms with Crippen LogP contribution in [0.1, 0.15) is 79.1 Å². The molecule has 1 spiro atoms. The quantitative estimate of drug-likeness (QED) is 0.333. The van der Waals surface area contributed by atoms with Crippen molar-refractivity contribution in [3.05, 3.63) is 0 Å². The Morgan fingerprint density at radius 1 is 0.780 bits per heavy atom. The molecule has 0 bridgehead atoms. The first-order chi connectivity index (χ1) is 19.4. The molecule has 18 atom stereocenters. The van der Waals surface area contributed by atoms with Gasteiger partial charge in [0.1, 0.15) is 24.4 Å². The lowest BCUT2D eigenvalue weighted by Crippen LogP contribution is -2.66. The average molecular weight is 581 g/mol. The molecule has 41 heavy (non-hydrogen) atoms. The maximum absolute atomic E-state index is 11.4. The first kappa shape index (κ1) is 29.4. The van der Waals surface area contributed by atoms with Gasteiger partial charge >= 0.3 is 0 Å². The Labute approximate surface area is 243 Å². The van der Waals surface area contributed by atoms with Gasteiger partial charge in [-0.3, -0.25) is 0 Å². The lowest BCUT2D eigenvalue weighted by Gasteiger charge is -2.64. The molecule has 0 aromatic heterocycles. The van der Waals surface area contributed by atoms with Crippen LogP contribution in [0.2, 0.25) is 0 Å². The largest absolute Gasteiger partial charge is 0.390 e. The van der Waals surface area contributed by atoms with Crippen LogP contribution < -0.4 is 0 Å². The second-order valence-electron chi connectivity index (χ2n) is 15.6. The molecule has 7 rings (SSSR count). The van der Waals surface area contributed by atoms with Crippen molar-refractivity contribution >= 4 is 0 Å². The molecule has 3 heterocycles. The van der Waals surface area contributed by atoms with Gasteiger partial charge in [-0.1, -0.05) is 27.7 Å². The number of aliphatic hydroxyl groups excluding tert-OH is 5. The van der Waals surface area contributed by atoms with Crippen LogP contribution in [0.15, 0.2) is 0 Å². The highest BCUT2D eigenvalue weighted by atomic mass is 16.7. The first-order valence-corrected chi connectivity index (χ1v) is 16.4. The minimum atomic E-state index is -1.44. The van der Waals surface area contributed by atoms with Crippen LogP contribution in [0.4, 0.5) is 0 Å². The van der Waals surface area contributed by atoms with Gasteiger partial charge in [0.2, 0.25) is 0 Å². The molecular formula is C32H52O9. The zero-order chi connectivity index (χ0) is 29.1. The zero-order valence-electron chi connectivity index (χ0n) is 25.1. The summed E-state index contributed by atoms with van der Waals surface area (Å²) in [6.07, 6.45) is 0.0615. The topological polar surface area (TPSA) is 138 Å². The van der Waals surface area contributed by atoms with Gasteiger partial charge in [-0.05, 0) is 85.9 Å². The number of fused-ring (bicyclic) bond motifs is 7. The van der Waals surface area contributed by atoms with Crippen LogP contribution in [-0.4, -0.2) is 93.6 Å². The Kier molecular flexibility index (Phi) is 7.21. The van der Waals surface area contributed by atoms with E-state index < -0.39 is 54.1 Å². The Balaban J connectivity index is 1.15. The predicted molar refractivity (Wildman–Crippen MR) is 147 cm³/mol. The molecule has 9 nitrogen and oxygen atoms in total. The number of ether oxygens (including phenoxy) is 4. The fourth-order valence-corrected chi connectivity index (χ4v) is 11.6. The van der Waals surface area contributed by atoms with Crippen molar-refractivity contribution in [2.75, 3.05) is 13.2 Å². The van der Waals surface area contributed by atoms with Crippen LogP contribution >= 0.6 is 0 Å². The van der Waals surface area contributed by atoms with E-state index in [1.807, 2.05) is 0 Å². The van der Waals surface area contributed by atoms with E-state index in [4.69, 9.17) is 18.9 Å². The normalized spacial score (nSPS) is 62.1. The van der Waals surface area contributed by atoms with Crippen LogP contribution in [0.3, 0.4) is 0 Å². The summed E-state index contributed by atoms with van der Waals surface area (Å²) in [5.74, 6) is 2.40. The fourth-order valence-electron chi connectivity index (χ4n) is 11.6. The Bertz CT molecular complexity index is 986. The number of aliphatic hydroxyl groups is 5.